The van der Waals surface area contributed by atoms with Crippen molar-refractivity contribution in [1.29, 1.82) is 0 Å². The van der Waals surface area contributed by atoms with Crippen LogP contribution in [0, 0.1) is 0 Å². The molecule has 0 unspecified atom stereocenters. The van der Waals surface area contributed by atoms with E-state index in [0.717, 1.165) is 23.4 Å². The van der Waals surface area contributed by atoms with E-state index >= 15 is 0 Å². The zero-order valence-corrected chi connectivity index (χ0v) is 21.1. The van der Waals surface area contributed by atoms with Gasteiger partial charge in [0.1, 0.15) is 5.75 Å². The third-order valence-corrected chi connectivity index (χ3v) is 5.72. The molecule has 6 nitrogen and oxygen atoms in total. The van der Waals surface area contributed by atoms with Crippen LogP contribution in [0.4, 0.5) is 17.1 Å². The van der Waals surface area contributed by atoms with Gasteiger partial charge < -0.3 is 20.7 Å². The van der Waals surface area contributed by atoms with Crippen LogP contribution in [0.1, 0.15) is 51.0 Å². The summed E-state index contributed by atoms with van der Waals surface area (Å²) in [6.07, 6.45) is 7.05. The second-order valence-electron chi connectivity index (χ2n) is 8.81. The van der Waals surface area contributed by atoms with Crippen molar-refractivity contribution in [2.45, 2.75) is 51.9 Å². The van der Waals surface area contributed by atoms with E-state index in [-0.39, 0.29) is 18.4 Å². The fourth-order valence-electron chi connectivity index (χ4n) is 3.78. The van der Waals surface area contributed by atoms with Crippen LogP contribution in [0.15, 0.2) is 78.9 Å². The number of aryl methyl sites for hydroxylation is 1. The van der Waals surface area contributed by atoms with Crippen LogP contribution < -0.4 is 20.7 Å². The maximum atomic E-state index is 12.5. The van der Waals surface area contributed by atoms with Crippen molar-refractivity contribution in [3.8, 4) is 5.75 Å². The van der Waals surface area contributed by atoms with E-state index in [2.05, 4.69) is 22.9 Å². The molecule has 0 fully saturated rings. The summed E-state index contributed by atoms with van der Waals surface area (Å²) in [4.78, 5) is 24.8. The molecule has 0 aliphatic heterocycles. The molecule has 3 aromatic carbocycles. The minimum absolute atomic E-state index is 0.0446. The van der Waals surface area contributed by atoms with Gasteiger partial charge in [0.25, 0.3) is 0 Å². The van der Waals surface area contributed by atoms with E-state index in [0.29, 0.717) is 30.8 Å². The van der Waals surface area contributed by atoms with Crippen LogP contribution >= 0.6 is 0 Å². The standard InChI is InChI=1S/C30H37N3O3/c1-2-3-4-5-9-20-36-28-17-11-16-27(22-28)33-30(35)23-31-25-14-10-15-26(21-25)32-29(34)19-18-24-12-7-6-8-13-24/h6-8,10-17,21-22,31H,2-5,9,18-20,23H2,1H3,(H,32,34)(H,33,35). The zero-order chi connectivity index (χ0) is 25.4. The number of carbonyl (C=O) groups excluding carboxylic acids is 2. The topological polar surface area (TPSA) is 79.5 Å². The highest BCUT2D eigenvalue weighted by Gasteiger charge is 2.06. The molecule has 0 spiro atoms. The fourth-order valence-corrected chi connectivity index (χ4v) is 3.78. The van der Waals surface area contributed by atoms with Crippen molar-refractivity contribution in [3.63, 3.8) is 0 Å². The Labute approximate surface area is 214 Å². The predicted octanol–water partition coefficient (Wildman–Crippen LogP) is 6.66. The number of carbonyl (C=O) groups is 2. The van der Waals surface area contributed by atoms with Crippen molar-refractivity contribution >= 4 is 28.9 Å². The third-order valence-electron chi connectivity index (χ3n) is 5.72. The molecular formula is C30H37N3O3. The highest BCUT2D eigenvalue weighted by atomic mass is 16.5. The van der Waals surface area contributed by atoms with E-state index in [1.165, 1.54) is 25.7 Å². The normalized spacial score (nSPS) is 10.5. The smallest absolute Gasteiger partial charge is 0.243 e. The van der Waals surface area contributed by atoms with Gasteiger partial charge in [0.2, 0.25) is 11.8 Å². The molecule has 0 saturated heterocycles. The van der Waals surface area contributed by atoms with Crippen molar-refractivity contribution in [1.82, 2.24) is 0 Å². The van der Waals surface area contributed by atoms with Crippen molar-refractivity contribution in [2.24, 2.45) is 0 Å². The minimum Gasteiger partial charge on any atom is -0.494 e. The first-order valence-corrected chi connectivity index (χ1v) is 12.8. The molecule has 3 aromatic rings. The van der Waals surface area contributed by atoms with E-state index in [4.69, 9.17) is 4.74 Å². The highest BCUT2D eigenvalue weighted by Crippen LogP contribution is 2.19. The summed E-state index contributed by atoms with van der Waals surface area (Å²) in [6, 6.07) is 24.8. The number of hydrogen-bond acceptors (Lipinski definition) is 4. The van der Waals surface area contributed by atoms with E-state index < -0.39 is 0 Å². The van der Waals surface area contributed by atoms with E-state index in [1.54, 1.807) is 0 Å². The summed E-state index contributed by atoms with van der Waals surface area (Å²) in [5, 5.41) is 8.94. The molecule has 3 rings (SSSR count). The molecule has 6 heteroatoms. The Morgan fingerprint density at radius 1 is 0.722 bits per heavy atom. The molecule has 0 aromatic heterocycles. The van der Waals surface area contributed by atoms with Crippen LogP contribution in [0.3, 0.4) is 0 Å². The lowest BCUT2D eigenvalue weighted by molar-refractivity contribution is -0.116. The molecule has 0 bridgehead atoms. The van der Waals surface area contributed by atoms with E-state index in [9.17, 15) is 9.59 Å². The lowest BCUT2D eigenvalue weighted by Crippen LogP contribution is -2.21. The number of hydrogen-bond donors (Lipinski definition) is 3. The summed E-state index contributed by atoms with van der Waals surface area (Å²) < 4.78 is 5.82. The molecule has 190 valence electrons. The molecule has 0 heterocycles. The van der Waals surface area contributed by atoms with E-state index in [1.807, 2.05) is 78.9 Å². The summed E-state index contributed by atoms with van der Waals surface area (Å²) >= 11 is 0. The molecule has 0 aliphatic carbocycles. The number of amides is 2. The minimum atomic E-state index is -0.163. The quantitative estimate of drug-likeness (QED) is 0.210. The molecular weight excluding hydrogens is 450 g/mol. The Morgan fingerprint density at radius 3 is 2.22 bits per heavy atom. The average molecular weight is 488 g/mol. The second-order valence-corrected chi connectivity index (χ2v) is 8.81. The number of nitrogens with one attached hydrogen (secondary N) is 3. The first-order valence-electron chi connectivity index (χ1n) is 12.8. The Balaban J connectivity index is 1.40. The van der Waals surface area contributed by atoms with Crippen molar-refractivity contribution in [3.05, 3.63) is 84.4 Å². The van der Waals surface area contributed by atoms with Gasteiger partial charge in [0, 0.05) is 29.5 Å². The number of ether oxygens (including phenoxy) is 1. The Kier molecular flexibility index (Phi) is 11.4. The Hall–Kier alpha value is -3.80. The molecule has 0 saturated carbocycles. The lowest BCUT2D eigenvalue weighted by atomic mass is 10.1. The van der Waals surface area contributed by atoms with Gasteiger partial charge in [0.05, 0.1) is 13.2 Å². The zero-order valence-electron chi connectivity index (χ0n) is 21.1. The number of benzene rings is 3. The molecule has 36 heavy (non-hydrogen) atoms. The molecule has 3 N–H and O–H groups in total. The van der Waals surface area contributed by atoms with Gasteiger partial charge in [0.15, 0.2) is 0 Å². The molecule has 0 radical (unpaired) electrons. The van der Waals surface area contributed by atoms with Crippen LogP contribution in [-0.2, 0) is 16.0 Å². The van der Waals surface area contributed by atoms with Crippen LogP contribution in [0.25, 0.3) is 0 Å². The highest BCUT2D eigenvalue weighted by molar-refractivity contribution is 5.94. The monoisotopic (exact) mass is 487 g/mol. The summed E-state index contributed by atoms with van der Waals surface area (Å²) in [5.41, 5.74) is 3.28. The van der Waals surface area contributed by atoms with Gasteiger partial charge >= 0.3 is 0 Å². The van der Waals surface area contributed by atoms with Gasteiger partial charge in [-0.15, -0.1) is 0 Å². The summed E-state index contributed by atoms with van der Waals surface area (Å²) in [7, 11) is 0. The van der Waals surface area contributed by atoms with Crippen LogP contribution in [0.2, 0.25) is 0 Å². The fraction of sp³-hybridized carbons (Fsp3) is 0.333. The molecule has 0 aliphatic rings. The first kappa shape index (κ1) is 26.8. The van der Waals surface area contributed by atoms with Gasteiger partial charge in [-0.3, -0.25) is 9.59 Å². The Bertz CT molecular complexity index is 1090. The van der Waals surface area contributed by atoms with Crippen LogP contribution in [0.5, 0.6) is 5.75 Å². The number of anilines is 3. The average Bonchev–Trinajstić information content (AvgIpc) is 2.89. The number of rotatable bonds is 15. The SMILES string of the molecule is CCCCCCCOc1cccc(NC(=O)CNc2cccc(NC(=O)CCc3ccccc3)c2)c1. The van der Waals surface area contributed by atoms with Crippen molar-refractivity contribution < 1.29 is 14.3 Å². The predicted molar refractivity (Wildman–Crippen MR) is 148 cm³/mol. The largest absolute Gasteiger partial charge is 0.494 e. The molecule has 2 amide bonds. The van der Waals surface area contributed by atoms with Gasteiger partial charge in [-0.25, -0.2) is 0 Å². The maximum Gasteiger partial charge on any atom is 0.243 e. The lowest BCUT2D eigenvalue weighted by Gasteiger charge is -2.11. The second kappa shape index (κ2) is 15.2. The first-order chi connectivity index (χ1) is 17.6. The Morgan fingerprint density at radius 2 is 1.42 bits per heavy atom. The summed E-state index contributed by atoms with van der Waals surface area (Å²) in [5.74, 6) is 0.549. The van der Waals surface area contributed by atoms with Gasteiger partial charge in [-0.1, -0.05) is 75.1 Å². The maximum absolute atomic E-state index is 12.5. The van der Waals surface area contributed by atoms with Gasteiger partial charge in [-0.05, 0) is 48.7 Å². The van der Waals surface area contributed by atoms with Gasteiger partial charge in [-0.2, -0.15) is 0 Å². The van der Waals surface area contributed by atoms with Crippen LogP contribution in [-0.4, -0.2) is 25.0 Å². The third kappa shape index (κ3) is 10.2. The number of unbranched alkanes of at least 4 members (excludes halogenated alkanes) is 4. The van der Waals surface area contributed by atoms with Crippen molar-refractivity contribution in [2.75, 3.05) is 29.1 Å². The summed E-state index contributed by atoms with van der Waals surface area (Å²) in [6.45, 7) is 2.99. The molecule has 0 atom stereocenters.